The second-order valence-electron chi connectivity index (χ2n) is 7.73. The number of aromatic amines is 1. The zero-order valence-corrected chi connectivity index (χ0v) is 18.6. The van der Waals surface area contributed by atoms with Crippen LogP contribution in [-0.4, -0.2) is 22.5 Å². The normalized spacial score (nSPS) is 10.6. The van der Waals surface area contributed by atoms with Crippen LogP contribution in [-0.2, 0) is 13.2 Å². The van der Waals surface area contributed by atoms with Gasteiger partial charge in [0.05, 0.1) is 6.54 Å². The Morgan fingerprint density at radius 3 is 2.18 bits per heavy atom. The van der Waals surface area contributed by atoms with Crippen molar-refractivity contribution in [3.63, 3.8) is 0 Å². The third-order valence-corrected chi connectivity index (χ3v) is 5.39. The molecule has 0 radical (unpaired) electrons. The number of para-hydroxylation sites is 1. The van der Waals surface area contributed by atoms with Crippen molar-refractivity contribution in [2.75, 3.05) is 17.7 Å². The fourth-order valence-electron chi connectivity index (χ4n) is 3.55. The van der Waals surface area contributed by atoms with E-state index in [-0.39, 0.29) is 18.1 Å². The molecule has 172 valence electrons. The Balaban J connectivity index is 1.54. The average molecular weight is 457 g/mol. The average Bonchev–Trinajstić information content (AvgIpc) is 2.86. The van der Waals surface area contributed by atoms with E-state index < -0.39 is 17.2 Å². The maximum Gasteiger partial charge on any atom is 0.330 e. The maximum absolute atomic E-state index is 13.1. The summed E-state index contributed by atoms with van der Waals surface area (Å²) in [4.78, 5) is 41.5. The van der Waals surface area contributed by atoms with E-state index in [9.17, 15) is 14.4 Å². The minimum Gasteiger partial charge on any atom is -0.489 e. The molecule has 8 nitrogen and oxygen atoms in total. The number of carbonyl (C=O) groups excluding carboxylic acids is 1. The monoisotopic (exact) mass is 456 g/mol. The van der Waals surface area contributed by atoms with Gasteiger partial charge in [-0.2, -0.15) is 0 Å². The Kier molecular flexibility index (Phi) is 6.59. The Labute approximate surface area is 195 Å². The van der Waals surface area contributed by atoms with E-state index in [4.69, 9.17) is 10.5 Å². The number of aromatic nitrogens is 2. The quantitative estimate of drug-likeness (QED) is 0.444. The van der Waals surface area contributed by atoms with Gasteiger partial charge >= 0.3 is 5.69 Å². The number of hydrogen-bond donors (Lipinski definition) is 2. The summed E-state index contributed by atoms with van der Waals surface area (Å²) in [6, 6.07) is 25.5. The molecular formula is C26H24N4O4. The van der Waals surface area contributed by atoms with Crippen molar-refractivity contribution in [1.82, 2.24) is 9.55 Å². The first-order chi connectivity index (χ1) is 16.4. The van der Waals surface area contributed by atoms with Crippen molar-refractivity contribution in [2.24, 2.45) is 0 Å². The third kappa shape index (κ3) is 4.91. The van der Waals surface area contributed by atoms with Crippen LogP contribution in [0.25, 0.3) is 0 Å². The van der Waals surface area contributed by atoms with Crippen LogP contribution in [0, 0.1) is 0 Å². The molecule has 0 unspecified atom stereocenters. The number of rotatable bonds is 7. The predicted octanol–water partition coefficient (Wildman–Crippen LogP) is 3.02. The van der Waals surface area contributed by atoms with Crippen LogP contribution in [0.3, 0.4) is 0 Å². The van der Waals surface area contributed by atoms with Crippen LogP contribution in [0.5, 0.6) is 5.75 Å². The fraction of sp³-hybridized carbons (Fsp3) is 0.115. The van der Waals surface area contributed by atoms with E-state index in [1.807, 2.05) is 60.7 Å². The van der Waals surface area contributed by atoms with Crippen molar-refractivity contribution >= 4 is 17.4 Å². The Morgan fingerprint density at radius 2 is 1.53 bits per heavy atom. The molecule has 4 aromatic rings. The maximum atomic E-state index is 13.1. The second kappa shape index (κ2) is 9.91. The summed E-state index contributed by atoms with van der Waals surface area (Å²) >= 11 is 0. The van der Waals surface area contributed by atoms with Gasteiger partial charge in [-0.05, 0) is 35.4 Å². The topological polar surface area (TPSA) is 110 Å². The summed E-state index contributed by atoms with van der Waals surface area (Å²) in [6.45, 7) is 0.513. The highest BCUT2D eigenvalue weighted by molar-refractivity contribution is 6.06. The molecule has 0 bridgehead atoms. The largest absolute Gasteiger partial charge is 0.489 e. The number of nitrogens with two attached hydrogens (primary N) is 1. The molecule has 0 atom stereocenters. The molecule has 0 saturated heterocycles. The first kappa shape index (κ1) is 22.6. The summed E-state index contributed by atoms with van der Waals surface area (Å²) in [5, 5.41) is 0. The number of amides is 1. The van der Waals surface area contributed by atoms with Gasteiger partial charge < -0.3 is 15.4 Å². The van der Waals surface area contributed by atoms with Crippen molar-refractivity contribution < 1.29 is 9.53 Å². The van der Waals surface area contributed by atoms with Gasteiger partial charge in [0.1, 0.15) is 18.2 Å². The molecular weight excluding hydrogens is 432 g/mol. The zero-order chi connectivity index (χ0) is 24.1. The van der Waals surface area contributed by atoms with Gasteiger partial charge in [-0.1, -0.05) is 60.7 Å². The lowest BCUT2D eigenvalue weighted by molar-refractivity contribution is 0.0992. The lowest BCUT2D eigenvalue weighted by atomic mass is 10.1. The van der Waals surface area contributed by atoms with Gasteiger partial charge in [0.25, 0.3) is 11.5 Å². The van der Waals surface area contributed by atoms with Gasteiger partial charge in [-0.15, -0.1) is 0 Å². The van der Waals surface area contributed by atoms with Crippen molar-refractivity contribution in [1.29, 1.82) is 0 Å². The number of anilines is 2. The number of ether oxygens (including phenoxy) is 1. The zero-order valence-electron chi connectivity index (χ0n) is 18.6. The number of H-pyrrole nitrogens is 1. The first-order valence-corrected chi connectivity index (χ1v) is 10.7. The molecule has 3 N–H and O–H groups in total. The fourth-order valence-corrected chi connectivity index (χ4v) is 3.55. The minimum atomic E-state index is -0.726. The highest BCUT2D eigenvalue weighted by atomic mass is 16.5. The van der Waals surface area contributed by atoms with E-state index in [0.717, 1.165) is 21.8 Å². The van der Waals surface area contributed by atoms with E-state index in [1.54, 1.807) is 24.3 Å². The third-order valence-electron chi connectivity index (χ3n) is 5.39. The van der Waals surface area contributed by atoms with Crippen LogP contribution < -0.4 is 26.6 Å². The number of nitrogen functional groups attached to an aromatic ring is 1. The molecule has 1 heterocycles. The van der Waals surface area contributed by atoms with Gasteiger partial charge in [0, 0.05) is 12.6 Å². The van der Waals surface area contributed by atoms with Crippen LogP contribution in [0.2, 0.25) is 0 Å². The Bertz CT molecular complexity index is 1400. The summed E-state index contributed by atoms with van der Waals surface area (Å²) in [5.41, 5.74) is 6.83. The summed E-state index contributed by atoms with van der Waals surface area (Å²) in [6.07, 6.45) is 0. The highest BCUT2D eigenvalue weighted by Crippen LogP contribution is 2.19. The first-order valence-electron chi connectivity index (χ1n) is 10.7. The SMILES string of the molecule is CN(C(=O)c1ccc(COc2ccccc2)cc1)c1c(N)n(Cc2ccccc2)c(=O)[nH]c1=O. The van der Waals surface area contributed by atoms with Crippen LogP contribution in [0.1, 0.15) is 21.5 Å². The number of nitrogens with one attached hydrogen (secondary N) is 1. The van der Waals surface area contributed by atoms with Gasteiger partial charge in [-0.25, -0.2) is 4.79 Å². The van der Waals surface area contributed by atoms with Gasteiger partial charge in [-0.3, -0.25) is 19.1 Å². The van der Waals surface area contributed by atoms with Gasteiger partial charge in [0.15, 0.2) is 5.69 Å². The number of carbonyl (C=O) groups is 1. The van der Waals surface area contributed by atoms with Gasteiger partial charge in [0.2, 0.25) is 0 Å². The standard InChI is InChI=1S/C26H24N4O4/c1-29(22-23(27)30(26(33)28-24(22)31)16-18-8-4-2-5-9-18)25(32)20-14-12-19(13-15-20)17-34-21-10-6-3-7-11-21/h2-15H,16-17,27H2,1H3,(H,28,31,33). The molecule has 1 amide bonds. The summed E-state index contributed by atoms with van der Waals surface area (Å²) in [5.74, 6) is 0.238. The predicted molar refractivity (Wildman–Crippen MR) is 131 cm³/mol. The number of hydrogen-bond acceptors (Lipinski definition) is 5. The second-order valence-corrected chi connectivity index (χ2v) is 7.73. The molecule has 0 fully saturated rings. The molecule has 0 spiro atoms. The molecule has 3 aromatic carbocycles. The van der Waals surface area contributed by atoms with Crippen LogP contribution >= 0.6 is 0 Å². The minimum absolute atomic E-state index is 0.0821. The molecule has 0 aliphatic carbocycles. The molecule has 0 aliphatic rings. The Morgan fingerprint density at radius 1 is 0.912 bits per heavy atom. The molecule has 34 heavy (non-hydrogen) atoms. The van der Waals surface area contributed by atoms with E-state index in [0.29, 0.717) is 12.2 Å². The molecule has 8 heteroatoms. The summed E-state index contributed by atoms with van der Waals surface area (Å²) in [7, 11) is 1.45. The summed E-state index contributed by atoms with van der Waals surface area (Å²) < 4.78 is 6.96. The molecule has 0 saturated carbocycles. The van der Waals surface area contributed by atoms with E-state index in [1.165, 1.54) is 11.6 Å². The smallest absolute Gasteiger partial charge is 0.330 e. The molecule has 4 rings (SSSR count). The van der Waals surface area contributed by atoms with Crippen molar-refractivity contribution in [2.45, 2.75) is 13.2 Å². The number of benzene rings is 3. The van der Waals surface area contributed by atoms with Crippen molar-refractivity contribution in [3.05, 3.63) is 122 Å². The lowest BCUT2D eigenvalue weighted by Gasteiger charge is -2.20. The van der Waals surface area contributed by atoms with E-state index >= 15 is 0 Å². The Hall–Kier alpha value is -4.59. The molecule has 1 aromatic heterocycles. The van der Waals surface area contributed by atoms with E-state index in [2.05, 4.69) is 4.98 Å². The number of nitrogens with zero attached hydrogens (tertiary/aromatic N) is 2. The van der Waals surface area contributed by atoms with Crippen LogP contribution in [0.15, 0.2) is 94.5 Å². The lowest BCUT2D eigenvalue weighted by Crippen LogP contribution is -2.39. The highest BCUT2D eigenvalue weighted by Gasteiger charge is 2.22. The molecule has 0 aliphatic heterocycles. The van der Waals surface area contributed by atoms with Crippen molar-refractivity contribution in [3.8, 4) is 5.75 Å². The van der Waals surface area contributed by atoms with Crippen LogP contribution in [0.4, 0.5) is 11.5 Å².